The third-order valence-corrected chi connectivity index (χ3v) is 8.44. The van der Waals surface area contributed by atoms with Gasteiger partial charge in [-0.15, -0.1) is 0 Å². The van der Waals surface area contributed by atoms with Crippen molar-refractivity contribution in [2.45, 2.75) is 44.9 Å². The van der Waals surface area contributed by atoms with E-state index in [9.17, 15) is 5.11 Å². The predicted molar refractivity (Wildman–Crippen MR) is 177 cm³/mol. The molecule has 45 heavy (non-hydrogen) atoms. The topological polar surface area (TPSA) is 126 Å². The molecule has 2 atom stereocenters. The molecule has 0 aliphatic carbocycles. The number of aliphatic hydroxyl groups is 1. The number of allylic oxidation sites excluding steroid dienone is 1. The van der Waals surface area contributed by atoms with E-state index in [1.165, 1.54) is 0 Å². The minimum absolute atomic E-state index is 0.0125. The summed E-state index contributed by atoms with van der Waals surface area (Å²) >= 11 is 14.0. The van der Waals surface area contributed by atoms with Crippen LogP contribution >= 0.6 is 23.2 Å². The predicted octanol–water partition coefficient (Wildman–Crippen LogP) is 5.42. The van der Waals surface area contributed by atoms with Crippen LogP contribution in [0.15, 0.2) is 61.1 Å². The van der Waals surface area contributed by atoms with E-state index in [-0.39, 0.29) is 12.6 Å². The maximum absolute atomic E-state index is 9.31. The number of ether oxygens (including phenoxy) is 2. The van der Waals surface area contributed by atoms with Crippen LogP contribution in [0.4, 0.5) is 0 Å². The fourth-order valence-electron chi connectivity index (χ4n) is 5.13. The molecule has 2 aromatic heterocycles. The molecular formula is C33H37Cl2N7O3. The van der Waals surface area contributed by atoms with E-state index in [2.05, 4.69) is 37.5 Å². The lowest BCUT2D eigenvalue weighted by molar-refractivity contribution is 0.250. The van der Waals surface area contributed by atoms with Gasteiger partial charge in [-0.1, -0.05) is 66.2 Å². The van der Waals surface area contributed by atoms with Crippen LogP contribution in [-0.2, 0) is 13.1 Å². The van der Waals surface area contributed by atoms with E-state index in [1.807, 2.05) is 43.3 Å². The summed E-state index contributed by atoms with van der Waals surface area (Å²) in [6.45, 7) is 7.60. The molecule has 2 aromatic carbocycles. The minimum Gasteiger partial charge on any atom is -0.480 e. The Morgan fingerprint density at radius 3 is 1.93 bits per heavy atom. The first kappa shape index (κ1) is 32.6. The average molecular weight is 651 g/mol. The number of hydrogen-bond acceptors (Lipinski definition) is 10. The Labute approximate surface area is 273 Å². The number of halogens is 2. The summed E-state index contributed by atoms with van der Waals surface area (Å²) in [5.74, 6) is 0.807. The number of aliphatic hydroxyl groups excluding tert-OH is 1. The first-order chi connectivity index (χ1) is 21.8. The Bertz CT molecular complexity index is 1670. The molecule has 1 saturated heterocycles. The number of rotatable bonds is 13. The number of aromatic nitrogens is 4. The summed E-state index contributed by atoms with van der Waals surface area (Å²) in [7, 11) is 3.13. The normalized spacial score (nSPS) is 15.2. The van der Waals surface area contributed by atoms with Gasteiger partial charge in [-0.3, -0.25) is 9.97 Å². The van der Waals surface area contributed by atoms with E-state index in [0.29, 0.717) is 74.8 Å². The zero-order chi connectivity index (χ0) is 31.9. The highest BCUT2D eigenvalue weighted by molar-refractivity contribution is 6.39. The van der Waals surface area contributed by atoms with Gasteiger partial charge in [0.25, 0.3) is 0 Å². The second-order valence-electron chi connectivity index (χ2n) is 10.8. The van der Waals surface area contributed by atoms with Gasteiger partial charge in [0.1, 0.15) is 11.4 Å². The first-order valence-electron chi connectivity index (χ1n) is 14.7. The molecule has 4 N–H and O–H groups in total. The second-order valence-corrected chi connectivity index (χ2v) is 11.6. The highest BCUT2D eigenvalue weighted by Crippen LogP contribution is 2.42. The first-order valence-corrected chi connectivity index (χ1v) is 15.5. The van der Waals surface area contributed by atoms with Crippen molar-refractivity contribution in [1.82, 2.24) is 35.9 Å². The van der Waals surface area contributed by atoms with Gasteiger partial charge in [-0.2, -0.15) is 0 Å². The molecule has 0 saturated carbocycles. The fourth-order valence-corrected chi connectivity index (χ4v) is 5.78. The van der Waals surface area contributed by atoms with Gasteiger partial charge in [0, 0.05) is 59.7 Å². The maximum Gasteiger partial charge on any atom is 0.237 e. The zero-order valence-electron chi connectivity index (χ0n) is 25.5. The summed E-state index contributed by atoms with van der Waals surface area (Å²) in [5, 5.41) is 20.3. The average Bonchev–Trinajstić information content (AvgIpc) is 3.48. The van der Waals surface area contributed by atoms with Crippen LogP contribution in [0.2, 0.25) is 10.0 Å². The monoisotopic (exact) mass is 649 g/mol. The second kappa shape index (κ2) is 15.0. The molecule has 1 aliphatic rings. The van der Waals surface area contributed by atoms with Crippen molar-refractivity contribution in [2.75, 3.05) is 27.4 Å². The summed E-state index contributed by atoms with van der Waals surface area (Å²) in [6.07, 6.45) is 5.43. The third-order valence-electron chi connectivity index (χ3n) is 7.63. The molecule has 0 radical (unpaired) electrons. The molecule has 0 bridgehead atoms. The number of methoxy groups -OCH3 is 2. The fraction of sp³-hybridized carbons (Fsp3) is 0.333. The van der Waals surface area contributed by atoms with Crippen molar-refractivity contribution in [1.29, 1.82) is 0 Å². The quantitative estimate of drug-likeness (QED) is 0.149. The van der Waals surface area contributed by atoms with Crippen molar-refractivity contribution in [3.8, 4) is 45.4 Å². The molecule has 0 spiro atoms. The maximum atomic E-state index is 9.31. The molecular weight excluding hydrogens is 613 g/mol. The summed E-state index contributed by atoms with van der Waals surface area (Å²) in [6, 6.07) is 11.7. The van der Waals surface area contributed by atoms with Gasteiger partial charge in [0.2, 0.25) is 11.8 Å². The Balaban J connectivity index is 1.40. The lowest BCUT2D eigenvalue weighted by Gasteiger charge is -2.16. The SMILES string of the molecule is C=C1CC[C@@H](CNCc2ncc(-c3cccc(-c4cccc(-c5cnc(CN[C@@H](C)CO)c(OC)n5)c4Cl)c3Cl)nc2OC)N1. The molecule has 0 amide bonds. The van der Waals surface area contributed by atoms with Crippen molar-refractivity contribution in [3.05, 3.63) is 82.5 Å². The molecule has 1 fully saturated rings. The van der Waals surface area contributed by atoms with Gasteiger partial charge in [-0.25, -0.2) is 9.97 Å². The van der Waals surface area contributed by atoms with Crippen LogP contribution in [0.3, 0.4) is 0 Å². The van der Waals surface area contributed by atoms with E-state index >= 15 is 0 Å². The molecule has 1 aliphatic heterocycles. The minimum atomic E-state index is -0.0876. The third kappa shape index (κ3) is 7.54. The molecule has 5 rings (SSSR count). The Hall–Kier alpha value is -3.80. The summed E-state index contributed by atoms with van der Waals surface area (Å²) in [4.78, 5) is 18.6. The Kier molecular flexibility index (Phi) is 10.9. The molecule has 4 aromatic rings. The Morgan fingerprint density at radius 1 is 0.911 bits per heavy atom. The van der Waals surface area contributed by atoms with Crippen molar-refractivity contribution >= 4 is 23.2 Å². The number of nitrogens with zero attached hydrogens (tertiary/aromatic N) is 4. The smallest absolute Gasteiger partial charge is 0.237 e. The van der Waals surface area contributed by atoms with Crippen LogP contribution in [-0.4, -0.2) is 64.5 Å². The molecule has 236 valence electrons. The lowest BCUT2D eigenvalue weighted by atomic mass is 9.98. The highest BCUT2D eigenvalue weighted by atomic mass is 35.5. The standard InChI is InChI=1S/C33H37Cl2N7O3/c1-19-11-12-21(40-19)13-36-14-28-32(44-3)41-26(15-38-28)24-9-5-7-22(30(24)34)23-8-6-10-25(31(23)35)27-16-39-29(33(42-27)45-4)17-37-20(2)18-43/h5-10,15-16,20-21,36-37,40,43H,1,11-14,17-18H2,2-4H3/t20-,21-/m0/s1. The van der Waals surface area contributed by atoms with E-state index in [4.69, 9.17) is 37.7 Å². The van der Waals surface area contributed by atoms with Crippen molar-refractivity contribution in [3.63, 3.8) is 0 Å². The highest BCUT2D eigenvalue weighted by Gasteiger charge is 2.20. The molecule has 10 nitrogen and oxygen atoms in total. The summed E-state index contributed by atoms with van der Waals surface area (Å²) in [5.41, 5.74) is 6.40. The van der Waals surface area contributed by atoms with Gasteiger partial charge in [-0.05, 0) is 19.8 Å². The van der Waals surface area contributed by atoms with Gasteiger partial charge in [0.05, 0.1) is 54.7 Å². The summed E-state index contributed by atoms with van der Waals surface area (Å²) < 4.78 is 11.1. The molecule has 3 heterocycles. The Morgan fingerprint density at radius 2 is 1.44 bits per heavy atom. The van der Waals surface area contributed by atoms with E-state index in [1.54, 1.807) is 26.6 Å². The van der Waals surface area contributed by atoms with Gasteiger partial charge >= 0.3 is 0 Å². The van der Waals surface area contributed by atoms with E-state index in [0.717, 1.165) is 36.2 Å². The number of hydrogen-bond donors (Lipinski definition) is 4. The number of nitrogens with one attached hydrogen (secondary N) is 3. The van der Waals surface area contributed by atoms with Crippen LogP contribution in [0.25, 0.3) is 33.6 Å². The number of benzene rings is 2. The van der Waals surface area contributed by atoms with Gasteiger partial charge < -0.3 is 30.5 Å². The van der Waals surface area contributed by atoms with Crippen molar-refractivity contribution in [2.24, 2.45) is 0 Å². The lowest BCUT2D eigenvalue weighted by Crippen LogP contribution is -2.33. The van der Waals surface area contributed by atoms with E-state index < -0.39 is 0 Å². The van der Waals surface area contributed by atoms with Crippen LogP contribution in [0, 0.1) is 0 Å². The molecule has 12 heteroatoms. The largest absolute Gasteiger partial charge is 0.480 e. The van der Waals surface area contributed by atoms with Gasteiger partial charge in [0.15, 0.2) is 0 Å². The van der Waals surface area contributed by atoms with Crippen LogP contribution in [0.1, 0.15) is 31.2 Å². The van der Waals surface area contributed by atoms with Crippen LogP contribution < -0.4 is 25.4 Å². The zero-order valence-corrected chi connectivity index (χ0v) is 27.0. The molecule has 0 unspecified atom stereocenters. The van der Waals surface area contributed by atoms with Crippen LogP contribution in [0.5, 0.6) is 11.8 Å². The van der Waals surface area contributed by atoms with Crippen molar-refractivity contribution < 1.29 is 14.6 Å².